The minimum Gasteiger partial charge on any atom is -0.390 e. The first-order chi connectivity index (χ1) is 7.50. The Labute approximate surface area is 95.6 Å². The molecule has 3 fully saturated rings. The van der Waals surface area contributed by atoms with E-state index in [1.54, 1.807) is 0 Å². The maximum absolute atomic E-state index is 10.8. The molecule has 4 nitrogen and oxygen atoms in total. The van der Waals surface area contributed by atoms with Crippen molar-refractivity contribution in [2.45, 2.75) is 56.5 Å². The van der Waals surface area contributed by atoms with E-state index in [4.69, 9.17) is 9.47 Å². The molecule has 1 spiro atoms. The average Bonchev–Trinajstić information content (AvgIpc) is 2.77. The largest absolute Gasteiger partial charge is 0.390 e. The smallest absolute Gasteiger partial charge is 0.171 e. The number of ether oxygens (including phenoxy) is 2. The van der Waals surface area contributed by atoms with E-state index < -0.39 is 17.5 Å². The summed E-state index contributed by atoms with van der Waals surface area (Å²) in [4.78, 5) is 0. The lowest BCUT2D eigenvalue weighted by Gasteiger charge is -2.50. The Morgan fingerprint density at radius 2 is 1.81 bits per heavy atom. The molecule has 0 aromatic rings. The highest BCUT2D eigenvalue weighted by Gasteiger charge is 2.63. The van der Waals surface area contributed by atoms with Crippen molar-refractivity contribution < 1.29 is 19.7 Å². The van der Waals surface area contributed by atoms with Crippen LogP contribution in [0.25, 0.3) is 0 Å². The van der Waals surface area contributed by atoms with Crippen molar-refractivity contribution in [3.8, 4) is 0 Å². The number of aliphatic hydroxyl groups excluding tert-OH is 1. The number of aliphatic hydroxyl groups is 2. The second kappa shape index (κ2) is 3.19. The summed E-state index contributed by atoms with van der Waals surface area (Å²) in [5.41, 5.74) is -1.21. The molecular weight excluding hydrogens is 208 g/mol. The SMILES string of the molecule is C[C@]12CC[C@H](O)[C@@]1(O)CC1(CC2)OCCO1. The van der Waals surface area contributed by atoms with Crippen molar-refractivity contribution >= 4 is 0 Å². The van der Waals surface area contributed by atoms with Crippen LogP contribution in [0.15, 0.2) is 0 Å². The van der Waals surface area contributed by atoms with Crippen LogP contribution in [0.2, 0.25) is 0 Å². The van der Waals surface area contributed by atoms with Crippen LogP contribution < -0.4 is 0 Å². The molecule has 2 aliphatic carbocycles. The Morgan fingerprint density at radius 1 is 1.12 bits per heavy atom. The van der Waals surface area contributed by atoms with E-state index in [1.165, 1.54) is 0 Å². The van der Waals surface area contributed by atoms with Gasteiger partial charge < -0.3 is 19.7 Å². The van der Waals surface area contributed by atoms with Gasteiger partial charge in [-0.05, 0) is 24.7 Å². The molecule has 1 saturated heterocycles. The maximum atomic E-state index is 10.8. The van der Waals surface area contributed by atoms with Crippen molar-refractivity contribution in [2.75, 3.05) is 13.2 Å². The quantitative estimate of drug-likeness (QED) is 0.644. The van der Waals surface area contributed by atoms with Gasteiger partial charge in [-0.3, -0.25) is 0 Å². The molecule has 0 bridgehead atoms. The van der Waals surface area contributed by atoms with E-state index in [-0.39, 0.29) is 5.41 Å². The first-order valence-corrected chi connectivity index (χ1v) is 6.18. The molecule has 16 heavy (non-hydrogen) atoms. The molecule has 3 aliphatic rings. The second-order valence-electron chi connectivity index (χ2n) is 5.82. The third kappa shape index (κ3) is 1.24. The van der Waals surface area contributed by atoms with Crippen LogP contribution in [0.3, 0.4) is 0 Å². The van der Waals surface area contributed by atoms with E-state index in [2.05, 4.69) is 6.92 Å². The Kier molecular flexibility index (Phi) is 2.19. The molecule has 0 aromatic heterocycles. The van der Waals surface area contributed by atoms with Crippen LogP contribution >= 0.6 is 0 Å². The normalized spacial score (nSPS) is 50.8. The molecule has 4 heteroatoms. The van der Waals surface area contributed by atoms with Crippen LogP contribution in [-0.2, 0) is 9.47 Å². The molecule has 92 valence electrons. The summed E-state index contributed by atoms with van der Waals surface area (Å²) in [6.45, 7) is 3.27. The Morgan fingerprint density at radius 3 is 2.50 bits per heavy atom. The molecule has 0 amide bonds. The molecule has 3 atom stereocenters. The Balaban J connectivity index is 1.91. The minimum absolute atomic E-state index is 0.174. The van der Waals surface area contributed by atoms with Crippen LogP contribution in [0, 0.1) is 5.41 Å². The zero-order chi connectivity index (χ0) is 11.4. The van der Waals surface area contributed by atoms with Gasteiger partial charge in [0.05, 0.1) is 19.3 Å². The van der Waals surface area contributed by atoms with Gasteiger partial charge in [0.1, 0.15) is 5.60 Å². The lowest BCUT2D eigenvalue weighted by Crippen LogP contribution is -2.58. The minimum atomic E-state index is -1.03. The summed E-state index contributed by atoms with van der Waals surface area (Å²) in [5.74, 6) is -0.625. The fourth-order valence-electron chi connectivity index (χ4n) is 3.69. The van der Waals surface area contributed by atoms with E-state index >= 15 is 0 Å². The van der Waals surface area contributed by atoms with E-state index in [0.29, 0.717) is 26.1 Å². The fourth-order valence-corrected chi connectivity index (χ4v) is 3.69. The molecule has 2 N–H and O–H groups in total. The van der Waals surface area contributed by atoms with E-state index in [1.807, 2.05) is 0 Å². The summed E-state index contributed by atoms with van der Waals surface area (Å²) >= 11 is 0. The zero-order valence-electron chi connectivity index (χ0n) is 9.74. The molecule has 3 rings (SSSR count). The van der Waals surface area contributed by atoms with Gasteiger partial charge >= 0.3 is 0 Å². The predicted octanol–water partition coefficient (Wildman–Crippen LogP) is 0.805. The average molecular weight is 228 g/mol. The molecule has 2 saturated carbocycles. The van der Waals surface area contributed by atoms with Crippen LogP contribution in [0.4, 0.5) is 0 Å². The molecule has 0 aromatic carbocycles. The standard InChI is InChI=1S/C12H20O4/c1-10-3-2-9(13)12(10,14)8-11(5-4-10)15-6-7-16-11/h9,13-14H,2-8H2,1H3/t9-,10+,12-/m0/s1. The number of fused-ring (bicyclic) bond motifs is 1. The van der Waals surface area contributed by atoms with E-state index in [0.717, 1.165) is 19.3 Å². The summed E-state index contributed by atoms with van der Waals surface area (Å²) in [7, 11) is 0. The van der Waals surface area contributed by atoms with Gasteiger partial charge in [-0.1, -0.05) is 6.92 Å². The molecule has 1 aliphatic heterocycles. The third-order valence-corrected chi connectivity index (χ3v) is 4.98. The van der Waals surface area contributed by atoms with E-state index in [9.17, 15) is 10.2 Å². The lowest BCUT2D eigenvalue weighted by molar-refractivity contribution is -0.260. The van der Waals surface area contributed by atoms with Gasteiger partial charge in [0.2, 0.25) is 0 Å². The molecule has 0 radical (unpaired) electrons. The Bertz CT molecular complexity index is 299. The van der Waals surface area contributed by atoms with Gasteiger partial charge in [-0.2, -0.15) is 0 Å². The van der Waals surface area contributed by atoms with Crippen LogP contribution in [-0.4, -0.2) is 40.9 Å². The highest BCUT2D eigenvalue weighted by Crippen LogP contribution is 2.58. The Hall–Kier alpha value is -0.160. The second-order valence-corrected chi connectivity index (χ2v) is 5.82. The highest BCUT2D eigenvalue weighted by molar-refractivity contribution is 5.12. The van der Waals surface area contributed by atoms with Gasteiger partial charge in [-0.25, -0.2) is 0 Å². The topological polar surface area (TPSA) is 58.9 Å². The number of rotatable bonds is 0. The summed E-state index contributed by atoms with van der Waals surface area (Å²) in [5, 5.41) is 20.8. The van der Waals surface area contributed by atoms with Crippen LogP contribution in [0.5, 0.6) is 0 Å². The first-order valence-electron chi connectivity index (χ1n) is 6.18. The number of hydrogen-bond donors (Lipinski definition) is 2. The maximum Gasteiger partial charge on any atom is 0.171 e. The van der Waals surface area contributed by atoms with Crippen molar-refractivity contribution in [3.63, 3.8) is 0 Å². The van der Waals surface area contributed by atoms with Crippen molar-refractivity contribution in [1.29, 1.82) is 0 Å². The highest BCUT2D eigenvalue weighted by atomic mass is 16.7. The monoisotopic (exact) mass is 228 g/mol. The van der Waals surface area contributed by atoms with Crippen molar-refractivity contribution in [2.24, 2.45) is 5.41 Å². The summed E-state index contributed by atoms with van der Waals surface area (Å²) in [6.07, 6.45) is 3.04. The van der Waals surface area contributed by atoms with Crippen LogP contribution in [0.1, 0.15) is 39.0 Å². The number of hydrogen-bond acceptors (Lipinski definition) is 4. The van der Waals surface area contributed by atoms with Crippen molar-refractivity contribution in [3.05, 3.63) is 0 Å². The molecule has 1 heterocycles. The van der Waals surface area contributed by atoms with Gasteiger partial charge in [0.15, 0.2) is 5.79 Å². The molecule has 0 unspecified atom stereocenters. The van der Waals surface area contributed by atoms with Gasteiger partial charge in [0.25, 0.3) is 0 Å². The van der Waals surface area contributed by atoms with Gasteiger partial charge in [-0.15, -0.1) is 0 Å². The molecular formula is C12H20O4. The van der Waals surface area contributed by atoms with Gasteiger partial charge in [0, 0.05) is 12.8 Å². The third-order valence-electron chi connectivity index (χ3n) is 4.98. The summed E-state index contributed by atoms with van der Waals surface area (Å²) in [6, 6.07) is 0. The lowest BCUT2D eigenvalue weighted by atomic mass is 9.64. The predicted molar refractivity (Wildman–Crippen MR) is 56.8 cm³/mol. The fraction of sp³-hybridized carbons (Fsp3) is 1.00. The van der Waals surface area contributed by atoms with Crippen molar-refractivity contribution in [1.82, 2.24) is 0 Å². The zero-order valence-corrected chi connectivity index (χ0v) is 9.74. The summed E-state index contributed by atoms with van der Waals surface area (Å²) < 4.78 is 11.3. The first kappa shape index (κ1) is 11.0.